The Labute approximate surface area is 36.0 Å². The summed E-state index contributed by atoms with van der Waals surface area (Å²) in [7, 11) is 0. The topological polar surface area (TPSA) is 49.7 Å². The van der Waals surface area contributed by atoms with E-state index in [-0.39, 0.29) is 0 Å². The predicted molar refractivity (Wildman–Crippen MR) is 22.1 cm³/mol. The van der Waals surface area contributed by atoms with Gasteiger partial charge in [-0.2, -0.15) is 0 Å². The van der Waals surface area contributed by atoms with Gasteiger partial charge in [0.05, 0.1) is 0 Å². The van der Waals surface area contributed by atoms with Gasteiger partial charge in [0.1, 0.15) is 0 Å². The number of rotatable bonds is 2. The maximum atomic E-state index is 9.24. The first-order valence-corrected chi connectivity index (χ1v) is 1.81. The molecule has 0 aromatic heterocycles. The standard InChI is InChI=1S/C3H7NO2/c1-2-3(5)4-6/h3,5H,2H2,1H3. The molecule has 1 N–H and O–H groups in total. The van der Waals surface area contributed by atoms with E-state index in [0.29, 0.717) is 6.42 Å². The summed E-state index contributed by atoms with van der Waals surface area (Å²) in [6.45, 7) is 1.69. The van der Waals surface area contributed by atoms with Crippen LogP contribution in [0.4, 0.5) is 0 Å². The lowest BCUT2D eigenvalue weighted by atomic mass is 10.5. The van der Waals surface area contributed by atoms with Crippen molar-refractivity contribution >= 4 is 0 Å². The Hall–Kier alpha value is -0.440. The number of aliphatic hydroxyl groups excluding tert-OH is 1. The molecule has 0 aliphatic rings. The Morgan fingerprint density at radius 1 is 2.00 bits per heavy atom. The van der Waals surface area contributed by atoms with Crippen molar-refractivity contribution < 1.29 is 5.11 Å². The maximum Gasteiger partial charge on any atom is 0.186 e. The molecule has 0 radical (unpaired) electrons. The fourth-order valence-corrected chi connectivity index (χ4v) is 0.0745. The number of aliphatic hydroxyl groups is 1. The largest absolute Gasteiger partial charge is 0.369 e. The highest BCUT2D eigenvalue weighted by molar-refractivity contribution is 4.41. The van der Waals surface area contributed by atoms with Crippen molar-refractivity contribution in [3.05, 3.63) is 4.91 Å². The fourth-order valence-electron chi connectivity index (χ4n) is 0.0745. The lowest BCUT2D eigenvalue weighted by Gasteiger charge is -1.88. The van der Waals surface area contributed by atoms with E-state index in [4.69, 9.17) is 5.11 Å². The van der Waals surface area contributed by atoms with Crippen molar-refractivity contribution in [3.8, 4) is 0 Å². The maximum absolute atomic E-state index is 9.24. The molecule has 36 valence electrons. The van der Waals surface area contributed by atoms with E-state index in [1.165, 1.54) is 0 Å². The number of nitroso groups, excluding NO2 is 1. The third-order valence-electron chi connectivity index (χ3n) is 0.487. The van der Waals surface area contributed by atoms with Crippen molar-refractivity contribution in [1.82, 2.24) is 0 Å². The van der Waals surface area contributed by atoms with Crippen molar-refractivity contribution in [2.24, 2.45) is 5.18 Å². The quantitative estimate of drug-likeness (QED) is 0.500. The van der Waals surface area contributed by atoms with E-state index in [1.54, 1.807) is 6.92 Å². The Kier molecular flexibility index (Phi) is 2.58. The Bertz CT molecular complexity index is 46.1. The molecule has 3 heteroatoms. The summed E-state index contributed by atoms with van der Waals surface area (Å²) < 4.78 is 0. The van der Waals surface area contributed by atoms with Gasteiger partial charge in [-0.15, -0.1) is 4.91 Å². The molecule has 1 unspecified atom stereocenters. The summed E-state index contributed by atoms with van der Waals surface area (Å²) in [6.07, 6.45) is -0.589. The normalized spacial score (nSPS) is 13.7. The molecule has 0 saturated carbocycles. The van der Waals surface area contributed by atoms with E-state index >= 15 is 0 Å². The SMILES string of the molecule is CCC(O)N=O. The average molecular weight is 89.1 g/mol. The molecule has 0 bridgehead atoms. The van der Waals surface area contributed by atoms with Crippen LogP contribution in [0.5, 0.6) is 0 Å². The van der Waals surface area contributed by atoms with Gasteiger partial charge in [-0.05, 0) is 11.6 Å². The molecule has 6 heavy (non-hydrogen) atoms. The van der Waals surface area contributed by atoms with Crippen LogP contribution in [0.3, 0.4) is 0 Å². The van der Waals surface area contributed by atoms with Gasteiger partial charge in [0.2, 0.25) is 0 Å². The van der Waals surface area contributed by atoms with Crippen LogP contribution in [0.25, 0.3) is 0 Å². The van der Waals surface area contributed by atoms with Gasteiger partial charge in [0.15, 0.2) is 6.23 Å². The lowest BCUT2D eigenvalue weighted by molar-refractivity contribution is 0.179. The third kappa shape index (κ3) is 1.84. The molecule has 0 amide bonds. The highest BCUT2D eigenvalue weighted by atomic mass is 16.3. The minimum Gasteiger partial charge on any atom is -0.369 e. The molecule has 0 aromatic rings. The summed E-state index contributed by atoms with van der Waals surface area (Å²) in [5.74, 6) is 0. The average Bonchev–Trinajstić information content (AvgIpc) is 1.65. The van der Waals surface area contributed by atoms with Crippen LogP contribution < -0.4 is 0 Å². The summed E-state index contributed by atoms with van der Waals surface area (Å²) in [6, 6.07) is 0. The van der Waals surface area contributed by atoms with Crippen molar-refractivity contribution in [2.75, 3.05) is 0 Å². The number of hydrogen-bond acceptors (Lipinski definition) is 3. The van der Waals surface area contributed by atoms with Crippen LogP contribution in [-0.2, 0) is 0 Å². The summed E-state index contributed by atoms with van der Waals surface area (Å²) in [5.41, 5.74) is 0. The zero-order valence-corrected chi connectivity index (χ0v) is 3.59. The summed E-state index contributed by atoms with van der Waals surface area (Å²) in [5, 5.41) is 10.5. The Morgan fingerprint density at radius 3 is 2.50 bits per heavy atom. The molecule has 0 heterocycles. The molecule has 0 aliphatic carbocycles. The van der Waals surface area contributed by atoms with Crippen molar-refractivity contribution in [2.45, 2.75) is 19.6 Å². The second-order valence-corrected chi connectivity index (χ2v) is 0.994. The summed E-state index contributed by atoms with van der Waals surface area (Å²) >= 11 is 0. The molecule has 0 fully saturated rings. The Morgan fingerprint density at radius 2 is 2.50 bits per heavy atom. The van der Waals surface area contributed by atoms with Crippen LogP contribution in [0.1, 0.15) is 13.3 Å². The van der Waals surface area contributed by atoms with Gasteiger partial charge in [-0.3, -0.25) is 0 Å². The molecular formula is C3H7NO2. The number of hydrogen-bond donors (Lipinski definition) is 1. The molecule has 3 nitrogen and oxygen atoms in total. The van der Waals surface area contributed by atoms with Gasteiger partial charge in [0.25, 0.3) is 0 Å². The first-order valence-electron chi connectivity index (χ1n) is 1.81. The molecule has 0 rings (SSSR count). The van der Waals surface area contributed by atoms with Crippen LogP contribution in [0.15, 0.2) is 5.18 Å². The zero-order valence-electron chi connectivity index (χ0n) is 3.59. The molecule has 0 aliphatic heterocycles. The Balaban J connectivity index is 2.96. The van der Waals surface area contributed by atoms with E-state index < -0.39 is 6.23 Å². The lowest BCUT2D eigenvalue weighted by Crippen LogP contribution is -1.95. The van der Waals surface area contributed by atoms with Gasteiger partial charge in [-0.1, -0.05) is 6.92 Å². The van der Waals surface area contributed by atoms with Gasteiger partial charge in [0, 0.05) is 0 Å². The summed E-state index contributed by atoms with van der Waals surface area (Å²) in [4.78, 5) is 9.24. The van der Waals surface area contributed by atoms with Crippen LogP contribution in [0.2, 0.25) is 0 Å². The second-order valence-electron chi connectivity index (χ2n) is 0.994. The van der Waals surface area contributed by atoms with Crippen LogP contribution in [0, 0.1) is 4.91 Å². The van der Waals surface area contributed by atoms with Crippen LogP contribution >= 0.6 is 0 Å². The first-order chi connectivity index (χ1) is 2.81. The van der Waals surface area contributed by atoms with E-state index in [0.717, 1.165) is 0 Å². The molecular weight excluding hydrogens is 82.0 g/mol. The molecule has 1 atom stereocenters. The van der Waals surface area contributed by atoms with Gasteiger partial charge < -0.3 is 5.11 Å². The van der Waals surface area contributed by atoms with Crippen molar-refractivity contribution in [3.63, 3.8) is 0 Å². The third-order valence-corrected chi connectivity index (χ3v) is 0.487. The minimum atomic E-state index is -0.995. The zero-order chi connectivity index (χ0) is 4.99. The first kappa shape index (κ1) is 5.56. The second kappa shape index (κ2) is 2.78. The van der Waals surface area contributed by atoms with Gasteiger partial charge >= 0.3 is 0 Å². The minimum absolute atomic E-state index is 0.406. The molecule has 0 aromatic carbocycles. The number of nitrogens with zero attached hydrogens (tertiary/aromatic N) is 1. The fraction of sp³-hybridized carbons (Fsp3) is 1.00. The van der Waals surface area contributed by atoms with E-state index in [1.807, 2.05) is 0 Å². The van der Waals surface area contributed by atoms with Crippen LogP contribution in [-0.4, -0.2) is 11.3 Å². The smallest absolute Gasteiger partial charge is 0.186 e. The highest BCUT2D eigenvalue weighted by Crippen LogP contribution is 1.86. The van der Waals surface area contributed by atoms with Gasteiger partial charge in [-0.25, -0.2) is 0 Å². The van der Waals surface area contributed by atoms with E-state index in [2.05, 4.69) is 5.18 Å². The highest BCUT2D eigenvalue weighted by Gasteiger charge is 1.92. The monoisotopic (exact) mass is 89.0 g/mol. The molecule has 0 saturated heterocycles. The van der Waals surface area contributed by atoms with Crippen molar-refractivity contribution in [1.29, 1.82) is 0 Å². The van der Waals surface area contributed by atoms with E-state index in [9.17, 15) is 4.91 Å². The molecule has 0 spiro atoms. The predicted octanol–water partition coefficient (Wildman–Crippen LogP) is 0.481.